The van der Waals surface area contributed by atoms with Crippen molar-refractivity contribution in [2.75, 3.05) is 6.54 Å². The molecule has 0 saturated carbocycles. The molecule has 3 aromatic rings. The summed E-state index contributed by atoms with van der Waals surface area (Å²) in [6.07, 6.45) is 7.08. The maximum atomic E-state index is 12.9. The first-order valence-corrected chi connectivity index (χ1v) is 10.7. The molecule has 0 aliphatic carbocycles. The second-order valence-corrected chi connectivity index (χ2v) is 7.88. The van der Waals surface area contributed by atoms with E-state index < -0.39 is 17.9 Å². The van der Waals surface area contributed by atoms with E-state index in [-0.39, 0.29) is 11.5 Å². The Balaban J connectivity index is 1.71. The number of para-hydroxylation sites is 1. The van der Waals surface area contributed by atoms with Gasteiger partial charge in [-0.15, -0.1) is 0 Å². The number of aromatic carboxylic acids is 1. The Morgan fingerprint density at radius 1 is 1.06 bits per heavy atom. The molecule has 1 aliphatic heterocycles. The molecule has 8 heteroatoms. The maximum absolute atomic E-state index is 12.9. The van der Waals surface area contributed by atoms with Crippen LogP contribution in [0.4, 0.5) is 0 Å². The predicted octanol–water partition coefficient (Wildman–Crippen LogP) is 3.12. The minimum Gasteiger partial charge on any atom is -0.478 e. The summed E-state index contributed by atoms with van der Waals surface area (Å²) in [6, 6.07) is 15.4. The smallest absolute Gasteiger partial charge is 0.335 e. The first-order valence-electron chi connectivity index (χ1n) is 10.7. The lowest BCUT2D eigenvalue weighted by atomic mass is 10.0. The van der Waals surface area contributed by atoms with Gasteiger partial charge in [0.1, 0.15) is 6.04 Å². The second kappa shape index (κ2) is 9.52. The molecule has 2 heterocycles. The van der Waals surface area contributed by atoms with E-state index in [2.05, 4.69) is 5.10 Å². The van der Waals surface area contributed by atoms with E-state index in [4.69, 9.17) is 5.73 Å². The lowest BCUT2D eigenvalue weighted by Gasteiger charge is -2.32. The number of nitrogens with zero attached hydrogens (tertiary/aromatic N) is 3. The van der Waals surface area contributed by atoms with Gasteiger partial charge in [0.25, 0.3) is 0 Å². The first-order chi connectivity index (χ1) is 15.9. The summed E-state index contributed by atoms with van der Waals surface area (Å²) in [7, 11) is 0. The molecular weight excluding hydrogens is 420 g/mol. The first kappa shape index (κ1) is 22.0. The van der Waals surface area contributed by atoms with E-state index in [1.54, 1.807) is 35.2 Å². The Bertz CT molecular complexity index is 1220. The Morgan fingerprint density at radius 3 is 2.58 bits per heavy atom. The van der Waals surface area contributed by atoms with Crippen LogP contribution in [0.2, 0.25) is 0 Å². The fourth-order valence-corrected chi connectivity index (χ4v) is 3.99. The number of benzene rings is 2. The molecule has 2 amide bonds. The molecule has 1 aliphatic rings. The minimum absolute atomic E-state index is 0.144. The lowest BCUT2D eigenvalue weighted by Crippen LogP contribution is -2.49. The molecule has 168 valence electrons. The number of piperidine rings is 1. The number of likely N-dealkylation sites (tertiary alicyclic amines) is 1. The van der Waals surface area contributed by atoms with Crippen LogP contribution in [0.1, 0.15) is 35.2 Å². The van der Waals surface area contributed by atoms with Gasteiger partial charge in [0, 0.05) is 29.9 Å². The van der Waals surface area contributed by atoms with Crippen LogP contribution in [0, 0.1) is 0 Å². The van der Waals surface area contributed by atoms with Gasteiger partial charge in [-0.2, -0.15) is 5.10 Å². The van der Waals surface area contributed by atoms with Crippen LogP contribution < -0.4 is 5.73 Å². The van der Waals surface area contributed by atoms with Crippen LogP contribution in [0.3, 0.4) is 0 Å². The van der Waals surface area contributed by atoms with Gasteiger partial charge in [-0.05, 0) is 49.6 Å². The van der Waals surface area contributed by atoms with Gasteiger partial charge in [-0.25, -0.2) is 9.48 Å². The third-order valence-corrected chi connectivity index (χ3v) is 5.67. The molecule has 2 aromatic carbocycles. The number of amides is 2. The molecule has 3 N–H and O–H groups in total. The molecule has 0 spiro atoms. The molecule has 0 bridgehead atoms. The largest absolute Gasteiger partial charge is 0.478 e. The number of rotatable bonds is 6. The number of primary amides is 1. The van der Waals surface area contributed by atoms with Crippen LogP contribution >= 0.6 is 0 Å². The molecule has 1 atom stereocenters. The number of carbonyl (C=O) groups is 3. The molecular formula is C25H24N4O4. The summed E-state index contributed by atoms with van der Waals surface area (Å²) in [5.74, 6) is -1.83. The minimum atomic E-state index is -1.03. The van der Waals surface area contributed by atoms with Crippen molar-refractivity contribution in [3.05, 3.63) is 78.0 Å². The van der Waals surface area contributed by atoms with E-state index in [0.29, 0.717) is 29.8 Å². The van der Waals surface area contributed by atoms with Crippen molar-refractivity contribution in [3.63, 3.8) is 0 Å². The highest BCUT2D eigenvalue weighted by atomic mass is 16.4. The van der Waals surface area contributed by atoms with Crippen LogP contribution in [0.5, 0.6) is 0 Å². The van der Waals surface area contributed by atoms with Gasteiger partial charge in [-0.1, -0.05) is 30.3 Å². The summed E-state index contributed by atoms with van der Waals surface area (Å²) in [4.78, 5) is 37.6. The Kier molecular flexibility index (Phi) is 6.35. The third-order valence-electron chi connectivity index (χ3n) is 5.67. The standard InChI is InChI=1S/C25H24N4O4/c26-24(31)21-11-4-5-14-28(21)22(30)13-12-19-16-29(20-9-2-1-3-10-20)27-23(19)17-7-6-8-18(15-17)25(32)33/h1-3,6-10,12-13,15-16,21H,4-5,11,14H2,(H2,26,31)(H,32,33). The van der Waals surface area contributed by atoms with Gasteiger partial charge < -0.3 is 15.7 Å². The van der Waals surface area contributed by atoms with Crippen molar-refractivity contribution in [2.24, 2.45) is 5.73 Å². The van der Waals surface area contributed by atoms with Crippen molar-refractivity contribution in [3.8, 4) is 16.9 Å². The predicted molar refractivity (Wildman–Crippen MR) is 124 cm³/mol. The number of carboxylic acids is 1. The van der Waals surface area contributed by atoms with Gasteiger partial charge >= 0.3 is 5.97 Å². The zero-order valence-corrected chi connectivity index (χ0v) is 17.9. The van der Waals surface area contributed by atoms with Crippen LogP contribution in [-0.2, 0) is 9.59 Å². The van der Waals surface area contributed by atoms with Gasteiger partial charge in [0.15, 0.2) is 0 Å². The van der Waals surface area contributed by atoms with Gasteiger partial charge in [0.2, 0.25) is 11.8 Å². The zero-order valence-electron chi connectivity index (χ0n) is 17.9. The molecule has 1 unspecified atom stereocenters. The van der Waals surface area contributed by atoms with Crippen molar-refractivity contribution < 1.29 is 19.5 Å². The van der Waals surface area contributed by atoms with Crippen molar-refractivity contribution in [1.29, 1.82) is 0 Å². The Labute approximate surface area is 190 Å². The monoisotopic (exact) mass is 444 g/mol. The highest BCUT2D eigenvalue weighted by molar-refractivity contribution is 5.96. The maximum Gasteiger partial charge on any atom is 0.335 e. The molecule has 33 heavy (non-hydrogen) atoms. The van der Waals surface area contributed by atoms with E-state index in [1.165, 1.54) is 17.0 Å². The molecule has 0 radical (unpaired) electrons. The highest BCUT2D eigenvalue weighted by Crippen LogP contribution is 2.26. The number of hydrogen-bond donors (Lipinski definition) is 2. The number of hydrogen-bond acceptors (Lipinski definition) is 4. The molecule has 1 aromatic heterocycles. The quantitative estimate of drug-likeness (QED) is 0.566. The van der Waals surface area contributed by atoms with Gasteiger partial charge in [0.05, 0.1) is 16.9 Å². The molecule has 1 saturated heterocycles. The fourth-order valence-electron chi connectivity index (χ4n) is 3.99. The van der Waals surface area contributed by atoms with Crippen LogP contribution in [0.15, 0.2) is 66.9 Å². The lowest BCUT2D eigenvalue weighted by molar-refractivity contribution is -0.137. The van der Waals surface area contributed by atoms with Crippen molar-refractivity contribution >= 4 is 23.9 Å². The van der Waals surface area contributed by atoms with Crippen LogP contribution in [-0.4, -0.2) is 50.2 Å². The summed E-state index contributed by atoms with van der Waals surface area (Å²) in [5.41, 5.74) is 8.25. The summed E-state index contributed by atoms with van der Waals surface area (Å²) >= 11 is 0. The Morgan fingerprint density at radius 2 is 1.85 bits per heavy atom. The number of aromatic nitrogens is 2. The SMILES string of the molecule is NC(=O)C1CCCCN1C(=O)C=Cc1cn(-c2ccccc2)nc1-c1cccc(C(=O)O)c1. The summed E-state index contributed by atoms with van der Waals surface area (Å²) in [5, 5.41) is 14.0. The highest BCUT2D eigenvalue weighted by Gasteiger charge is 2.29. The molecule has 4 rings (SSSR count). The van der Waals surface area contributed by atoms with Crippen molar-refractivity contribution in [2.45, 2.75) is 25.3 Å². The van der Waals surface area contributed by atoms with Crippen LogP contribution in [0.25, 0.3) is 23.0 Å². The zero-order chi connectivity index (χ0) is 23.4. The van der Waals surface area contributed by atoms with Crippen molar-refractivity contribution in [1.82, 2.24) is 14.7 Å². The van der Waals surface area contributed by atoms with E-state index in [0.717, 1.165) is 18.5 Å². The van der Waals surface area contributed by atoms with E-state index >= 15 is 0 Å². The van der Waals surface area contributed by atoms with E-state index in [9.17, 15) is 19.5 Å². The van der Waals surface area contributed by atoms with E-state index in [1.807, 2.05) is 30.3 Å². The second-order valence-electron chi connectivity index (χ2n) is 7.88. The number of carbonyl (C=O) groups excluding carboxylic acids is 2. The summed E-state index contributed by atoms with van der Waals surface area (Å²) < 4.78 is 1.68. The number of nitrogens with two attached hydrogens (primary N) is 1. The topological polar surface area (TPSA) is 119 Å². The normalized spacial score (nSPS) is 16.1. The number of carboxylic acid groups (broad SMARTS) is 1. The average Bonchev–Trinajstić information content (AvgIpc) is 3.27. The molecule has 1 fully saturated rings. The molecule has 8 nitrogen and oxygen atoms in total. The fraction of sp³-hybridized carbons (Fsp3) is 0.200. The average molecular weight is 444 g/mol. The summed E-state index contributed by atoms with van der Waals surface area (Å²) in [6.45, 7) is 0.480. The Hall–Kier alpha value is -4.20. The van der Waals surface area contributed by atoms with Gasteiger partial charge in [-0.3, -0.25) is 9.59 Å². The third kappa shape index (κ3) is 4.85.